The molecule has 0 atom stereocenters. The summed E-state index contributed by atoms with van der Waals surface area (Å²) in [6, 6.07) is 1.34. The number of hydrogen-bond donors (Lipinski definition) is 0. The van der Waals surface area contributed by atoms with Gasteiger partial charge >= 0.3 is 0 Å². The third-order valence-corrected chi connectivity index (χ3v) is 2.45. The van der Waals surface area contributed by atoms with Crippen molar-refractivity contribution in [3.05, 3.63) is 40.1 Å². The van der Waals surface area contributed by atoms with Crippen LogP contribution in [0.1, 0.15) is 24.6 Å². The first-order valence-electron chi connectivity index (χ1n) is 4.60. The van der Waals surface area contributed by atoms with Crippen LogP contribution in [0.25, 0.3) is 0 Å². The van der Waals surface area contributed by atoms with Crippen molar-refractivity contribution in [2.45, 2.75) is 25.3 Å². The van der Waals surface area contributed by atoms with Crippen LogP contribution in [-0.4, -0.2) is 9.55 Å². The molecular formula is C10H11ClN2O. The highest BCUT2D eigenvalue weighted by molar-refractivity contribution is 6.29. The van der Waals surface area contributed by atoms with Crippen LogP contribution in [-0.2, 0) is 6.54 Å². The van der Waals surface area contributed by atoms with Gasteiger partial charge < -0.3 is 0 Å². The van der Waals surface area contributed by atoms with Crippen LogP contribution in [0.4, 0.5) is 0 Å². The molecule has 2 rings (SSSR count). The second kappa shape index (κ2) is 3.58. The number of nitrogens with zero attached hydrogens (tertiary/aromatic N) is 2. The molecule has 14 heavy (non-hydrogen) atoms. The van der Waals surface area contributed by atoms with Crippen LogP contribution in [0.15, 0.2) is 23.5 Å². The van der Waals surface area contributed by atoms with Crippen LogP contribution >= 0.6 is 11.6 Å². The van der Waals surface area contributed by atoms with Gasteiger partial charge in [0.15, 0.2) is 0 Å². The molecule has 0 bridgehead atoms. The van der Waals surface area contributed by atoms with E-state index in [2.05, 4.69) is 11.6 Å². The second-order valence-corrected chi connectivity index (χ2v) is 3.84. The van der Waals surface area contributed by atoms with Crippen LogP contribution in [0, 0.1) is 0 Å². The predicted octanol–water partition coefficient (Wildman–Crippen LogP) is 1.96. The fourth-order valence-corrected chi connectivity index (χ4v) is 1.64. The van der Waals surface area contributed by atoms with Crippen molar-refractivity contribution in [1.29, 1.82) is 0 Å². The Kier molecular flexibility index (Phi) is 2.42. The Hall–Kier alpha value is -1.09. The molecule has 0 unspecified atom stereocenters. The molecule has 0 amide bonds. The van der Waals surface area contributed by atoms with Crippen LogP contribution < -0.4 is 5.56 Å². The third kappa shape index (κ3) is 1.73. The van der Waals surface area contributed by atoms with E-state index in [1.807, 2.05) is 0 Å². The van der Waals surface area contributed by atoms with Gasteiger partial charge in [0.25, 0.3) is 5.56 Å². The first kappa shape index (κ1) is 9.46. The number of hydrogen-bond acceptors (Lipinski definition) is 2. The summed E-state index contributed by atoms with van der Waals surface area (Å²) in [6.45, 7) is 4.13. The smallest absolute Gasteiger partial charge is 0.255 e. The topological polar surface area (TPSA) is 34.9 Å². The van der Waals surface area contributed by atoms with E-state index in [1.54, 1.807) is 10.6 Å². The fraction of sp³-hybridized carbons (Fsp3) is 0.400. The molecule has 1 heterocycles. The Morgan fingerprint density at radius 1 is 1.71 bits per heavy atom. The monoisotopic (exact) mass is 210 g/mol. The molecule has 1 aromatic rings. The molecule has 0 spiro atoms. The molecule has 0 radical (unpaired) electrons. The lowest BCUT2D eigenvalue weighted by Crippen LogP contribution is -2.23. The van der Waals surface area contributed by atoms with E-state index < -0.39 is 0 Å². The zero-order valence-corrected chi connectivity index (χ0v) is 8.50. The highest BCUT2D eigenvalue weighted by atomic mass is 35.5. The third-order valence-electron chi connectivity index (χ3n) is 2.26. The van der Waals surface area contributed by atoms with Crippen LogP contribution in [0.3, 0.4) is 0 Å². The Labute approximate surface area is 87.0 Å². The van der Waals surface area contributed by atoms with Crippen molar-refractivity contribution in [2.75, 3.05) is 0 Å². The molecule has 1 aliphatic rings. The number of allylic oxidation sites excluding steroid dienone is 1. The maximum absolute atomic E-state index is 11.6. The largest absolute Gasteiger partial charge is 0.292 e. The lowest BCUT2D eigenvalue weighted by Gasteiger charge is -2.08. The van der Waals surface area contributed by atoms with Gasteiger partial charge in [-0.3, -0.25) is 9.36 Å². The fourth-order valence-electron chi connectivity index (χ4n) is 1.46. The maximum atomic E-state index is 11.6. The standard InChI is InChI=1S/C10H11ClN2O/c1-2-5-13-9(14)6-8(11)12-10(13)7-3-4-7/h2,6-7H,1,3-5H2. The number of rotatable bonds is 3. The highest BCUT2D eigenvalue weighted by Crippen LogP contribution is 2.38. The van der Waals surface area contributed by atoms with Crippen LogP contribution in [0.5, 0.6) is 0 Å². The highest BCUT2D eigenvalue weighted by Gasteiger charge is 2.28. The number of aromatic nitrogens is 2. The summed E-state index contributed by atoms with van der Waals surface area (Å²) in [5.41, 5.74) is -0.0909. The lowest BCUT2D eigenvalue weighted by atomic mass is 10.3. The zero-order valence-electron chi connectivity index (χ0n) is 7.74. The molecule has 1 aromatic heterocycles. The van der Waals surface area contributed by atoms with Gasteiger partial charge in [0.1, 0.15) is 11.0 Å². The first-order valence-corrected chi connectivity index (χ1v) is 4.98. The molecule has 1 aliphatic carbocycles. The van der Waals surface area contributed by atoms with Gasteiger partial charge in [-0.2, -0.15) is 0 Å². The molecule has 1 saturated carbocycles. The van der Waals surface area contributed by atoms with Crippen molar-refractivity contribution in [3.8, 4) is 0 Å². The lowest BCUT2D eigenvalue weighted by molar-refractivity contribution is 0.682. The molecule has 74 valence electrons. The average Bonchev–Trinajstić information content (AvgIpc) is 2.92. The summed E-state index contributed by atoms with van der Waals surface area (Å²) < 4.78 is 1.64. The van der Waals surface area contributed by atoms with Gasteiger partial charge in [-0.1, -0.05) is 17.7 Å². The molecule has 3 nitrogen and oxygen atoms in total. The first-order chi connectivity index (χ1) is 6.72. The summed E-state index contributed by atoms with van der Waals surface area (Å²) >= 11 is 5.74. The molecule has 0 aliphatic heterocycles. The van der Waals surface area contributed by atoms with Crippen LogP contribution in [0.2, 0.25) is 5.15 Å². The van der Waals surface area contributed by atoms with Crippen molar-refractivity contribution < 1.29 is 0 Å². The Morgan fingerprint density at radius 2 is 2.43 bits per heavy atom. The SMILES string of the molecule is C=CCn1c(C2CC2)nc(Cl)cc1=O. The van der Waals surface area contributed by atoms with Gasteiger partial charge in [0.05, 0.1) is 0 Å². The Morgan fingerprint density at radius 3 is 3.00 bits per heavy atom. The summed E-state index contributed by atoms with van der Waals surface area (Å²) in [5.74, 6) is 1.23. The van der Waals surface area contributed by atoms with Crippen molar-refractivity contribution in [1.82, 2.24) is 9.55 Å². The minimum atomic E-state index is -0.0909. The van der Waals surface area contributed by atoms with E-state index in [4.69, 9.17) is 11.6 Å². The van der Waals surface area contributed by atoms with E-state index in [-0.39, 0.29) is 10.7 Å². The minimum absolute atomic E-state index is 0.0909. The quantitative estimate of drug-likeness (QED) is 0.565. The van der Waals surface area contributed by atoms with E-state index in [9.17, 15) is 4.79 Å². The van der Waals surface area contributed by atoms with E-state index in [1.165, 1.54) is 6.07 Å². The number of halogens is 1. The summed E-state index contributed by atoms with van der Waals surface area (Å²) in [7, 11) is 0. The summed E-state index contributed by atoms with van der Waals surface area (Å²) in [5, 5.41) is 0.289. The zero-order chi connectivity index (χ0) is 10.1. The van der Waals surface area contributed by atoms with Gasteiger partial charge in [-0.25, -0.2) is 4.98 Å². The summed E-state index contributed by atoms with van der Waals surface area (Å²) in [4.78, 5) is 15.8. The van der Waals surface area contributed by atoms with Crippen molar-refractivity contribution >= 4 is 11.6 Å². The molecule has 1 fully saturated rings. The normalized spacial score (nSPS) is 15.5. The van der Waals surface area contributed by atoms with Crippen molar-refractivity contribution in [3.63, 3.8) is 0 Å². The molecule has 0 saturated heterocycles. The van der Waals surface area contributed by atoms with Gasteiger partial charge in [-0.05, 0) is 12.8 Å². The van der Waals surface area contributed by atoms with Gasteiger partial charge in [0, 0.05) is 18.5 Å². The van der Waals surface area contributed by atoms with Crippen molar-refractivity contribution in [2.24, 2.45) is 0 Å². The summed E-state index contributed by atoms with van der Waals surface area (Å²) in [6.07, 6.45) is 3.90. The predicted molar refractivity (Wildman–Crippen MR) is 55.7 cm³/mol. The average molecular weight is 211 g/mol. The molecule has 0 N–H and O–H groups in total. The molecular weight excluding hydrogens is 200 g/mol. The van der Waals surface area contributed by atoms with Gasteiger partial charge in [-0.15, -0.1) is 6.58 Å². The maximum Gasteiger partial charge on any atom is 0.255 e. The molecule has 4 heteroatoms. The Balaban J connectivity index is 2.52. The Bertz CT molecular complexity index is 421. The minimum Gasteiger partial charge on any atom is -0.292 e. The van der Waals surface area contributed by atoms with E-state index in [0.717, 1.165) is 18.7 Å². The van der Waals surface area contributed by atoms with Gasteiger partial charge in [0.2, 0.25) is 0 Å². The second-order valence-electron chi connectivity index (χ2n) is 3.45. The molecule has 0 aromatic carbocycles. The van der Waals surface area contributed by atoms with E-state index in [0.29, 0.717) is 12.5 Å². The van der Waals surface area contributed by atoms with E-state index >= 15 is 0 Å².